The van der Waals surface area contributed by atoms with Gasteiger partial charge in [-0.25, -0.2) is 4.79 Å². The summed E-state index contributed by atoms with van der Waals surface area (Å²) in [6.45, 7) is 13.6. The first-order valence-corrected chi connectivity index (χ1v) is 14.1. The van der Waals surface area contributed by atoms with Gasteiger partial charge >= 0.3 is 6.09 Å². The van der Waals surface area contributed by atoms with Gasteiger partial charge < -0.3 is 20.3 Å². The van der Waals surface area contributed by atoms with Crippen molar-refractivity contribution < 1.29 is 19.1 Å². The number of rotatable bonds is 12. The van der Waals surface area contributed by atoms with Gasteiger partial charge in [0.15, 0.2) is 0 Å². The van der Waals surface area contributed by atoms with Gasteiger partial charge in [-0.15, -0.1) is 6.42 Å². The summed E-state index contributed by atoms with van der Waals surface area (Å²) in [5, 5.41) is 5.81. The molecule has 0 aliphatic heterocycles. The minimum atomic E-state index is -1.01. The number of alkyl carbamates (subject to hydrolysis) is 1. The molecule has 2 N–H and O–H groups in total. The van der Waals surface area contributed by atoms with E-state index in [9.17, 15) is 14.4 Å². The van der Waals surface area contributed by atoms with E-state index in [-0.39, 0.29) is 17.7 Å². The zero-order valence-electron chi connectivity index (χ0n) is 25.0. The van der Waals surface area contributed by atoms with Crippen LogP contribution in [0.5, 0.6) is 0 Å². The number of carbonyl (C=O) groups excluding carboxylic acids is 3. The van der Waals surface area contributed by atoms with Crippen LogP contribution >= 0.6 is 0 Å². The molecule has 0 fully saturated rings. The Morgan fingerprint density at radius 3 is 2.27 bits per heavy atom. The summed E-state index contributed by atoms with van der Waals surface area (Å²) >= 11 is 0. The molecule has 0 bridgehead atoms. The van der Waals surface area contributed by atoms with E-state index in [4.69, 9.17) is 11.2 Å². The van der Waals surface area contributed by atoms with Crippen LogP contribution in [0.3, 0.4) is 0 Å². The third-order valence-corrected chi connectivity index (χ3v) is 6.36. The molecular weight excluding hydrogens is 502 g/mol. The first kappa shape index (κ1) is 32.4. The van der Waals surface area contributed by atoms with E-state index in [0.29, 0.717) is 36.2 Å². The smallest absolute Gasteiger partial charge is 0.408 e. The molecule has 2 atom stereocenters. The molecule has 0 saturated carbocycles. The summed E-state index contributed by atoms with van der Waals surface area (Å²) < 4.78 is 5.47. The number of ether oxygens (including phenoxy) is 1. The lowest BCUT2D eigenvalue weighted by atomic mass is 9.95. The Morgan fingerprint density at radius 2 is 1.68 bits per heavy atom. The fraction of sp³-hybridized carbons (Fsp3) is 0.485. The summed E-state index contributed by atoms with van der Waals surface area (Å²) in [6.07, 6.45) is 8.06. The molecule has 7 heteroatoms. The van der Waals surface area contributed by atoms with Gasteiger partial charge in [0.25, 0.3) is 5.91 Å². The Bertz CT molecular complexity index is 1190. The topological polar surface area (TPSA) is 87.7 Å². The highest BCUT2D eigenvalue weighted by atomic mass is 16.6. The van der Waals surface area contributed by atoms with Crippen LogP contribution in [0, 0.1) is 25.2 Å². The lowest BCUT2D eigenvalue weighted by Crippen LogP contribution is -2.53. The quantitative estimate of drug-likeness (QED) is 0.231. The van der Waals surface area contributed by atoms with Crippen molar-refractivity contribution in [3.8, 4) is 12.3 Å². The van der Waals surface area contributed by atoms with E-state index in [1.165, 1.54) is 0 Å². The number of nitrogens with zero attached hydrogens (tertiary/aromatic N) is 1. The van der Waals surface area contributed by atoms with Crippen LogP contribution in [0.1, 0.15) is 90.0 Å². The number of amides is 3. The van der Waals surface area contributed by atoms with Gasteiger partial charge in [0.1, 0.15) is 17.7 Å². The molecule has 0 aromatic heterocycles. The number of nitrogens with one attached hydrogen (secondary N) is 2. The zero-order valence-corrected chi connectivity index (χ0v) is 25.0. The molecule has 0 radical (unpaired) electrons. The highest BCUT2D eigenvalue weighted by Crippen LogP contribution is 2.29. The number of carbonyl (C=O) groups is 3. The van der Waals surface area contributed by atoms with E-state index in [1.54, 1.807) is 37.8 Å². The second-order valence-electron chi connectivity index (χ2n) is 11.5. The van der Waals surface area contributed by atoms with Crippen LogP contribution in [0.4, 0.5) is 10.5 Å². The SMILES string of the molecule is C#Cc1ccccc1C(C(=O)Nc1ccccc1C)N(CCCCC)C(=O)C(CC(C)C)NC(=O)OC(C)(C)C. The molecule has 2 aromatic carbocycles. The molecule has 0 aliphatic carbocycles. The van der Waals surface area contributed by atoms with Crippen LogP contribution in [0.15, 0.2) is 48.5 Å². The molecule has 2 rings (SSSR count). The molecule has 0 aliphatic rings. The molecule has 2 aromatic rings. The van der Waals surface area contributed by atoms with Crippen LogP contribution in [0.2, 0.25) is 0 Å². The maximum Gasteiger partial charge on any atom is 0.408 e. The average molecular weight is 548 g/mol. The molecule has 2 unspecified atom stereocenters. The average Bonchev–Trinajstić information content (AvgIpc) is 2.87. The van der Waals surface area contributed by atoms with Gasteiger partial charge in [-0.1, -0.05) is 75.9 Å². The number of hydrogen-bond acceptors (Lipinski definition) is 4. The monoisotopic (exact) mass is 547 g/mol. The molecule has 40 heavy (non-hydrogen) atoms. The number of anilines is 1. The van der Waals surface area contributed by atoms with Crippen molar-refractivity contribution in [2.45, 2.75) is 91.8 Å². The van der Waals surface area contributed by atoms with E-state index in [1.807, 2.05) is 57.2 Å². The minimum absolute atomic E-state index is 0.0959. The number of terminal acetylenes is 1. The van der Waals surface area contributed by atoms with Crippen molar-refractivity contribution in [3.05, 3.63) is 65.2 Å². The Morgan fingerprint density at radius 1 is 1.02 bits per heavy atom. The number of benzene rings is 2. The van der Waals surface area contributed by atoms with Crippen molar-refractivity contribution in [2.75, 3.05) is 11.9 Å². The van der Waals surface area contributed by atoms with Crippen molar-refractivity contribution in [3.63, 3.8) is 0 Å². The van der Waals surface area contributed by atoms with Gasteiger partial charge in [0, 0.05) is 17.8 Å². The summed E-state index contributed by atoms with van der Waals surface area (Å²) in [4.78, 5) is 42.8. The minimum Gasteiger partial charge on any atom is -0.444 e. The highest BCUT2D eigenvalue weighted by molar-refractivity contribution is 5.99. The number of hydrogen-bond donors (Lipinski definition) is 2. The highest BCUT2D eigenvalue weighted by Gasteiger charge is 2.37. The maximum atomic E-state index is 14.3. The van der Waals surface area contributed by atoms with Crippen LogP contribution in [-0.4, -0.2) is 41.0 Å². The lowest BCUT2D eigenvalue weighted by molar-refractivity contribution is -0.141. The standard InChI is InChI=1S/C33H45N3O4/c1-9-11-16-21-36(31(38)28(22-23(3)4)35-32(39)40-33(6,7)8)29(26-19-14-13-18-25(26)10-2)30(37)34-27-20-15-12-17-24(27)5/h2,12-15,17-20,23,28-29H,9,11,16,21-22H2,1,3-8H3,(H,34,37)(H,35,39). The van der Waals surface area contributed by atoms with E-state index in [0.717, 1.165) is 18.4 Å². The van der Waals surface area contributed by atoms with Crippen molar-refractivity contribution >= 4 is 23.6 Å². The Kier molecular flexibility index (Phi) is 12.3. The fourth-order valence-corrected chi connectivity index (χ4v) is 4.47. The van der Waals surface area contributed by atoms with E-state index < -0.39 is 23.8 Å². The second kappa shape index (κ2) is 15.1. The largest absolute Gasteiger partial charge is 0.444 e. The van der Waals surface area contributed by atoms with Crippen molar-refractivity contribution in [1.82, 2.24) is 10.2 Å². The molecule has 0 heterocycles. The van der Waals surface area contributed by atoms with E-state index >= 15 is 0 Å². The first-order valence-electron chi connectivity index (χ1n) is 14.1. The number of aryl methyl sites for hydroxylation is 1. The summed E-state index contributed by atoms with van der Waals surface area (Å²) in [5.74, 6) is 2.05. The normalized spacial score (nSPS) is 12.7. The summed E-state index contributed by atoms with van der Waals surface area (Å²) in [7, 11) is 0. The zero-order chi connectivity index (χ0) is 29.9. The molecule has 0 spiro atoms. The van der Waals surface area contributed by atoms with E-state index in [2.05, 4.69) is 23.5 Å². The molecule has 0 saturated heterocycles. The van der Waals surface area contributed by atoms with Gasteiger partial charge in [0.05, 0.1) is 0 Å². The number of unbranched alkanes of at least 4 members (excludes halogenated alkanes) is 2. The first-order chi connectivity index (χ1) is 18.9. The fourth-order valence-electron chi connectivity index (χ4n) is 4.47. The third-order valence-electron chi connectivity index (χ3n) is 6.36. The lowest BCUT2D eigenvalue weighted by Gasteiger charge is -2.35. The van der Waals surface area contributed by atoms with Crippen LogP contribution < -0.4 is 10.6 Å². The second-order valence-corrected chi connectivity index (χ2v) is 11.5. The molecular formula is C33H45N3O4. The predicted octanol–water partition coefficient (Wildman–Crippen LogP) is 6.61. The Hall–Kier alpha value is -3.79. The van der Waals surface area contributed by atoms with Crippen molar-refractivity contribution in [1.29, 1.82) is 0 Å². The molecule has 7 nitrogen and oxygen atoms in total. The van der Waals surface area contributed by atoms with Crippen molar-refractivity contribution in [2.24, 2.45) is 5.92 Å². The number of para-hydroxylation sites is 1. The van der Waals surface area contributed by atoms with Crippen LogP contribution in [0.25, 0.3) is 0 Å². The summed E-state index contributed by atoms with van der Waals surface area (Å²) in [6, 6.07) is 12.8. The van der Waals surface area contributed by atoms with Crippen LogP contribution in [-0.2, 0) is 14.3 Å². The Labute approximate surface area is 240 Å². The predicted molar refractivity (Wildman–Crippen MR) is 161 cm³/mol. The van der Waals surface area contributed by atoms with Gasteiger partial charge in [0.2, 0.25) is 5.91 Å². The Balaban J connectivity index is 2.61. The molecule has 3 amide bonds. The molecule has 216 valence electrons. The van der Waals surface area contributed by atoms with Gasteiger partial charge in [-0.05, 0) is 69.7 Å². The van der Waals surface area contributed by atoms with Gasteiger partial charge in [-0.2, -0.15) is 0 Å². The van der Waals surface area contributed by atoms with Gasteiger partial charge in [-0.3, -0.25) is 9.59 Å². The maximum absolute atomic E-state index is 14.3. The third kappa shape index (κ3) is 9.75. The summed E-state index contributed by atoms with van der Waals surface area (Å²) in [5.41, 5.74) is 1.91.